The molecule has 1 unspecified atom stereocenters. The third-order valence-corrected chi connectivity index (χ3v) is 5.46. The Morgan fingerprint density at radius 3 is 2.64 bits per heavy atom. The molecule has 0 bridgehead atoms. The Hall–Kier alpha value is -1.01. The van der Waals surface area contributed by atoms with E-state index < -0.39 is 45.4 Å². The molecule has 0 amide bonds. The molecule has 1 saturated heterocycles. The molecule has 1 aromatic rings. The lowest BCUT2D eigenvalue weighted by molar-refractivity contribution is -0.161. The highest BCUT2D eigenvalue weighted by Gasteiger charge is 2.55. The minimum absolute atomic E-state index is 0.0603. The predicted molar refractivity (Wildman–Crippen MR) is 90.8 cm³/mol. The fourth-order valence-electron chi connectivity index (χ4n) is 3.41. The van der Waals surface area contributed by atoms with Gasteiger partial charge >= 0.3 is 5.69 Å². The Kier molecular flexibility index (Phi) is 4.73. The highest BCUT2D eigenvalue weighted by Crippen LogP contribution is 2.46. The lowest BCUT2D eigenvalue weighted by Crippen LogP contribution is -2.37. The molecule has 0 aromatic carbocycles. The lowest BCUT2D eigenvalue weighted by atomic mass is 10.1. The first kappa shape index (κ1) is 18.8. The molecule has 140 valence electrons. The van der Waals surface area contributed by atoms with Crippen LogP contribution >= 0.6 is 15.9 Å². The molecule has 1 aromatic heterocycles. The summed E-state index contributed by atoms with van der Waals surface area (Å²) in [5, 5.41) is 0. The maximum atomic E-state index is 12.2. The van der Waals surface area contributed by atoms with Gasteiger partial charge in [-0.05, 0) is 36.2 Å². The van der Waals surface area contributed by atoms with E-state index in [0.29, 0.717) is 6.42 Å². The largest absolute Gasteiger partial charge is 0.344 e. The summed E-state index contributed by atoms with van der Waals surface area (Å²) in [5.74, 6) is -1.13. The Morgan fingerprint density at radius 2 is 2.00 bits per heavy atom. The van der Waals surface area contributed by atoms with Gasteiger partial charge in [-0.15, -0.1) is 0 Å². The second-order valence-electron chi connectivity index (χ2n) is 6.76. The van der Waals surface area contributed by atoms with Crippen LogP contribution in [0, 0.1) is 5.92 Å². The van der Waals surface area contributed by atoms with Gasteiger partial charge in [-0.1, -0.05) is 0 Å². The van der Waals surface area contributed by atoms with Gasteiger partial charge in [0.15, 0.2) is 5.79 Å². The molecule has 2 heterocycles. The van der Waals surface area contributed by atoms with E-state index in [1.807, 2.05) is 0 Å². The van der Waals surface area contributed by atoms with Crippen LogP contribution in [-0.2, 0) is 23.8 Å². The van der Waals surface area contributed by atoms with Crippen molar-refractivity contribution in [2.75, 3.05) is 12.9 Å². The van der Waals surface area contributed by atoms with E-state index in [1.165, 1.54) is 10.8 Å². The van der Waals surface area contributed by atoms with Crippen molar-refractivity contribution >= 4 is 26.0 Å². The van der Waals surface area contributed by atoms with E-state index in [0.717, 1.165) is 6.26 Å². The SMILES string of the molecule is CC1(C)OC2[C@@H](O1)[C@@H](COS(C)(=O)=O)C[C@H]2n1cc(Br)c(=O)[nH]c1=O. The molecule has 1 N–H and O–H groups in total. The van der Waals surface area contributed by atoms with Crippen LogP contribution in [-0.4, -0.2) is 48.8 Å². The van der Waals surface area contributed by atoms with Crippen molar-refractivity contribution in [1.29, 1.82) is 0 Å². The van der Waals surface area contributed by atoms with Gasteiger partial charge in [0.2, 0.25) is 0 Å². The molecule has 1 aliphatic carbocycles. The van der Waals surface area contributed by atoms with Gasteiger partial charge in [-0.2, -0.15) is 8.42 Å². The van der Waals surface area contributed by atoms with Crippen molar-refractivity contribution in [3.8, 4) is 0 Å². The number of aromatic amines is 1. The Morgan fingerprint density at radius 1 is 1.36 bits per heavy atom. The molecule has 0 radical (unpaired) electrons. The summed E-state index contributed by atoms with van der Waals surface area (Å²) in [5.41, 5.74) is -1.08. The minimum atomic E-state index is -3.59. The summed E-state index contributed by atoms with van der Waals surface area (Å²) in [7, 11) is -3.59. The van der Waals surface area contributed by atoms with E-state index in [9.17, 15) is 18.0 Å². The monoisotopic (exact) mass is 438 g/mol. The van der Waals surface area contributed by atoms with Gasteiger partial charge in [0.05, 0.1) is 29.5 Å². The second-order valence-corrected chi connectivity index (χ2v) is 9.26. The number of H-pyrrole nitrogens is 1. The van der Waals surface area contributed by atoms with Gasteiger partial charge in [0.25, 0.3) is 15.7 Å². The number of ether oxygens (including phenoxy) is 2. The summed E-state index contributed by atoms with van der Waals surface area (Å²) >= 11 is 3.11. The molecule has 25 heavy (non-hydrogen) atoms. The maximum absolute atomic E-state index is 12.2. The molecular weight excluding hydrogens is 420 g/mol. The fourth-order valence-corrected chi connectivity index (χ4v) is 4.15. The number of nitrogens with one attached hydrogen (secondary N) is 1. The van der Waals surface area contributed by atoms with Crippen LogP contribution in [0.1, 0.15) is 26.3 Å². The molecule has 9 nitrogen and oxygen atoms in total. The second kappa shape index (κ2) is 6.31. The molecule has 3 rings (SSSR count). The summed E-state index contributed by atoms with van der Waals surface area (Å²) in [4.78, 5) is 26.0. The smallest absolute Gasteiger partial charge is 0.328 e. The summed E-state index contributed by atoms with van der Waals surface area (Å²) < 4.78 is 41.0. The van der Waals surface area contributed by atoms with E-state index in [1.54, 1.807) is 13.8 Å². The first-order chi connectivity index (χ1) is 11.5. The van der Waals surface area contributed by atoms with Crippen LogP contribution in [0.15, 0.2) is 20.3 Å². The van der Waals surface area contributed by atoms with Crippen molar-refractivity contribution in [2.45, 2.75) is 44.3 Å². The average Bonchev–Trinajstić information content (AvgIpc) is 2.93. The predicted octanol–water partition coefficient (Wildman–Crippen LogP) is 0.356. The zero-order chi connectivity index (χ0) is 18.6. The number of hydrogen-bond donors (Lipinski definition) is 1. The maximum Gasteiger partial charge on any atom is 0.328 e. The standard InChI is InChI=1S/C14H19BrN2O7S/c1-14(2)23-10-7(6-22-25(3,20)21)4-9(11(10)24-14)17-5-8(15)12(18)16-13(17)19/h5,7,9-11H,4,6H2,1-3H3,(H,16,18,19)/t7-,9-,10+,11?/m1/s1. The van der Waals surface area contributed by atoms with E-state index in [2.05, 4.69) is 20.9 Å². The number of hydrogen-bond acceptors (Lipinski definition) is 7. The van der Waals surface area contributed by atoms with Crippen LogP contribution in [0.25, 0.3) is 0 Å². The first-order valence-electron chi connectivity index (χ1n) is 7.68. The summed E-state index contributed by atoms with van der Waals surface area (Å²) in [6.07, 6.45) is 1.94. The number of nitrogens with zero attached hydrogens (tertiary/aromatic N) is 1. The first-order valence-corrected chi connectivity index (χ1v) is 10.3. The number of rotatable bonds is 4. The molecule has 4 atom stereocenters. The van der Waals surface area contributed by atoms with E-state index in [4.69, 9.17) is 13.7 Å². The summed E-state index contributed by atoms with van der Waals surface area (Å²) in [6, 6.07) is -0.416. The fraction of sp³-hybridized carbons (Fsp3) is 0.714. The molecule has 1 aliphatic heterocycles. The van der Waals surface area contributed by atoms with Crippen molar-refractivity contribution in [2.24, 2.45) is 5.92 Å². The van der Waals surface area contributed by atoms with Crippen molar-refractivity contribution in [3.63, 3.8) is 0 Å². The molecular formula is C14H19BrN2O7S. The van der Waals surface area contributed by atoms with Gasteiger partial charge in [0, 0.05) is 12.1 Å². The Labute approximate surface area is 152 Å². The third-order valence-electron chi connectivity index (χ3n) is 4.33. The number of fused-ring (bicyclic) bond motifs is 1. The number of aromatic nitrogens is 2. The van der Waals surface area contributed by atoms with Crippen molar-refractivity contribution in [3.05, 3.63) is 31.5 Å². The highest BCUT2D eigenvalue weighted by atomic mass is 79.9. The quantitative estimate of drug-likeness (QED) is 0.674. The van der Waals surface area contributed by atoms with Crippen LogP contribution < -0.4 is 11.2 Å². The molecule has 1 saturated carbocycles. The Balaban J connectivity index is 1.94. The van der Waals surface area contributed by atoms with Gasteiger partial charge in [0.1, 0.15) is 6.10 Å². The highest BCUT2D eigenvalue weighted by molar-refractivity contribution is 9.10. The topological polar surface area (TPSA) is 117 Å². The summed E-state index contributed by atoms with van der Waals surface area (Å²) in [6.45, 7) is 3.44. The third kappa shape index (κ3) is 3.90. The minimum Gasteiger partial charge on any atom is -0.344 e. The molecule has 11 heteroatoms. The molecule has 2 fully saturated rings. The van der Waals surface area contributed by atoms with Crippen molar-refractivity contribution in [1.82, 2.24) is 9.55 Å². The molecule has 2 aliphatic rings. The Bertz CT molecular complexity index is 891. The molecule has 0 spiro atoms. The van der Waals surface area contributed by atoms with E-state index >= 15 is 0 Å². The van der Waals surface area contributed by atoms with Crippen molar-refractivity contribution < 1.29 is 22.1 Å². The zero-order valence-corrected chi connectivity index (χ0v) is 16.3. The normalized spacial score (nSPS) is 31.2. The van der Waals surface area contributed by atoms with Gasteiger partial charge in [-0.25, -0.2) is 4.79 Å². The van der Waals surface area contributed by atoms with Crippen LogP contribution in [0.4, 0.5) is 0 Å². The zero-order valence-electron chi connectivity index (χ0n) is 13.9. The lowest BCUT2D eigenvalue weighted by Gasteiger charge is -2.24. The van der Waals surface area contributed by atoms with Crippen LogP contribution in [0.2, 0.25) is 0 Å². The van der Waals surface area contributed by atoms with Gasteiger partial charge in [-0.3, -0.25) is 18.5 Å². The number of halogens is 1. The van der Waals surface area contributed by atoms with Crippen LogP contribution in [0.3, 0.4) is 0 Å². The van der Waals surface area contributed by atoms with Crippen LogP contribution in [0.5, 0.6) is 0 Å². The van der Waals surface area contributed by atoms with E-state index in [-0.39, 0.29) is 17.0 Å². The average molecular weight is 439 g/mol. The van der Waals surface area contributed by atoms with Gasteiger partial charge < -0.3 is 9.47 Å².